The van der Waals surface area contributed by atoms with Gasteiger partial charge in [-0.2, -0.15) is 0 Å². The van der Waals surface area contributed by atoms with Gasteiger partial charge in [-0.25, -0.2) is 0 Å². The van der Waals surface area contributed by atoms with E-state index < -0.39 is 0 Å². The molecule has 1 unspecified atom stereocenters. The second-order valence-corrected chi connectivity index (χ2v) is 4.78. The van der Waals surface area contributed by atoms with Crippen LogP contribution in [0.25, 0.3) is 0 Å². The maximum absolute atomic E-state index is 12.3. The number of nitrogens with zero attached hydrogens (tertiary/aromatic N) is 1. The molecule has 0 saturated carbocycles. The first-order valence-corrected chi connectivity index (χ1v) is 6.76. The molecular formula is C14H21NO3. The van der Waals surface area contributed by atoms with Gasteiger partial charge in [-0.15, -0.1) is 0 Å². The molecule has 1 aromatic heterocycles. The smallest absolute Gasteiger partial charge is 0.289 e. The van der Waals surface area contributed by atoms with Crippen LogP contribution in [0.3, 0.4) is 0 Å². The summed E-state index contributed by atoms with van der Waals surface area (Å²) in [7, 11) is 0. The van der Waals surface area contributed by atoms with E-state index in [-0.39, 0.29) is 18.6 Å². The predicted octanol–water partition coefficient (Wildman–Crippen LogP) is 2.22. The second-order valence-electron chi connectivity index (χ2n) is 4.78. The number of likely N-dealkylation sites (tertiary alicyclic amines) is 1. The number of hydrogen-bond acceptors (Lipinski definition) is 3. The highest BCUT2D eigenvalue weighted by molar-refractivity contribution is 5.92. The van der Waals surface area contributed by atoms with E-state index in [0.717, 1.165) is 44.4 Å². The highest BCUT2D eigenvalue weighted by atomic mass is 16.4. The standard InChI is InChI=1S/C14H21NO3/c1-2-12-7-8-13(18-12)14(17)15-9-3-5-11(15)6-4-10-16/h7-8,11,16H,2-6,9-10H2,1H3. The molecule has 1 amide bonds. The maximum atomic E-state index is 12.3. The number of rotatable bonds is 5. The Morgan fingerprint density at radius 2 is 2.39 bits per heavy atom. The minimum absolute atomic E-state index is 0.00450. The Bertz CT molecular complexity index is 399. The molecule has 0 aromatic carbocycles. The lowest BCUT2D eigenvalue weighted by Crippen LogP contribution is -2.35. The molecule has 4 heteroatoms. The molecule has 4 nitrogen and oxygen atoms in total. The lowest BCUT2D eigenvalue weighted by Gasteiger charge is -2.23. The average Bonchev–Trinajstić information content (AvgIpc) is 3.04. The zero-order chi connectivity index (χ0) is 13.0. The van der Waals surface area contributed by atoms with Gasteiger partial charge in [-0.05, 0) is 37.8 Å². The Labute approximate surface area is 108 Å². The first-order chi connectivity index (χ1) is 8.76. The van der Waals surface area contributed by atoms with Crippen LogP contribution in [0, 0.1) is 0 Å². The number of aryl methyl sites for hydroxylation is 1. The van der Waals surface area contributed by atoms with Crippen LogP contribution >= 0.6 is 0 Å². The van der Waals surface area contributed by atoms with Crippen molar-refractivity contribution in [3.63, 3.8) is 0 Å². The Kier molecular flexibility index (Phi) is 4.42. The highest BCUT2D eigenvalue weighted by Gasteiger charge is 2.30. The molecular weight excluding hydrogens is 230 g/mol. The first-order valence-electron chi connectivity index (χ1n) is 6.76. The van der Waals surface area contributed by atoms with E-state index in [9.17, 15) is 4.79 Å². The summed E-state index contributed by atoms with van der Waals surface area (Å²) in [5.74, 6) is 1.29. The third kappa shape index (κ3) is 2.75. The molecule has 1 atom stereocenters. The number of aliphatic hydroxyl groups is 1. The summed E-state index contributed by atoms with van der Waals surface area (Å²) in [4.78, 5) is 14.2. The minimum atomic E-state index is -0.00450. The molecule has 0 aliphatic carbocycles. The summed E-state index contributed by atoms with van der Waals surface area (Å²) >= 11 is 0. The summed E-state index contributed by atoms with van der Waals surface area (Å²) in [5.41, 5.74) is 0. The summed E-state index contributed by atoms with van der Waals surface area (Å²) in [6.07, 6.45) is 4.52. The largest absolute Gasteiger partial charge is 0.456 e. The van der Waals surface area contributed by atoms with Gasteiger partial charge in [0.25, 0.3) is 5.91 Å². The van der Waals surface area contributed by atoms with Crippen LogP contribution in [-0.4, -0.2) is 35.1 Å². The predicted molar refractivity (Wildman–Crippen MR) is 68.5 cm³/mol. The van der Waals surface area contributed by atoms with Crippen LogP contribution in [0.5, 0.6) is 0 Å². The number of amides is 1. The Balaban J connectivity index is 2.02. The van der Waals surface area contributed by atoms with Crippen molar-refractivity contribution in [3.8, 4) is 0 Å². The van der Waals surface area contributed by atoms with Crippen molar-refractivity contribution in [1.82, 2.24) is 4.90 Å². The number of carbonyl (C=O) groups is 1. The molecule has 18 heavy (non-hydrogen) atoms. The summed E-state index contributed by atoms with van der Waals surface area (Å²) in [5, 5.41) is 8.88. The second kappa shape index (κ2) is 6.05. The molecule has 2 rings (SSSR count). The molecule has 1 aliphatic rings. The van der Waals surface area contributed by atoms with Crippen LogP contribution < -0.4 is 0 Å². The molecule has 1 fully saturated rings. The topological polar surface area (TPSA) is 53.7 Å². The van der Waals surface area contributed by atoms with Gasteiger partial charge in [0, 0.05) is 25.6 Å². The van der Waals surface area contributed by atoms with E-state index in [2.05, 4.69) is 0 Å². The van der Waals surface area contributed by atoms with E-state index in [0.29, 0.717) is 5.76 Å². The van der Waals surface area contributed by atoms with Gasteiger partial charge >= 0.3 is 0 Å². The van der Waals surface area contributed by atoms with Crippen molar-refractivity contribution in [1.29, 1.82) is 0 Å². The van der Waals surface area contributed by atoms with Gasteiger partial charge < -0.3 is 14.4 Å². The van der Waals surface area contributed by atoms with Gasteiger partial charge in [0.15, 0.2) is 5.76 Å². The fourth-order valence-electron chi connectivity index (χ4n) is 2.55. The monoisotopic (exact) mass is 251 g/mol. The van der Waals surface area contributed by atoms with Crippen LogP contribution in [0.2, 0.25) is 0 Å². The molecule has 0 bridgehead atoms. The zero-order valence-corrected chi connectivity index (χ0v) is 10.9. The van der Waals surface area contributed by atoms with Crippen LogP contribution in [0.15, 0.2) is 16.5 Å². The molecule has 1 aromatic rings. The van der Waals surface area contributed by atoms with Gasteiger partial charge in [0.2, 0.25) is 0 Å². The molecule has 1 N–H and O–H groups in total. The lowest BCUT2D eigenvalue weighted by atomic mass is 10.1. The molecule has 1 aliphatic heterocycles. The van der Waals surface area contributed by atoms with Crippen molar-refractivity contribution in [2.24, 2.45) is 0 Å². The number of furan rings is 1. The minimum Gasteiger partial charge on any atom is -0.456 e. The van der Waals surface area contributed by atoms with Crippen LogP contribution in [-0.2, 0) is 6.42 Å². The average molecular weight is 251 g/mol. The summed E-state index contributed by atoms with van der Waals surface area (Å²) < 4.78 is 5.52. The molecule has 100 valence electrons. The third-order valence-electron chi connectivity index (χ3n) is 3.55. The normalized spacial score (nSPS) is 19.4. The summed E-state index contributed by atoms with van der Waals surface area (Å²) in [6.45, 7) is 3.00. The molecule has 1 saturated heterocycles. The van der Waals surface area contributed by atoms with Crippen molar-refractivity contribution in [2.75, 3.05) is 13.2 Å². The van der Waals surface area contributed by atoms with Crippen LogP contribution in [0.4, 0.5) is 0 Å². The molecule has 0 radical (unpaired) electrons. The van der Waals surface area contributed by atoms with E-state index in [4.69, 9.17) is 9.52 Å². The van der Waals surface area contributed by atoms with E-state index in [1.54, 1.807) is 6.07 Å². The SMILES string of the molecule is CCc1ccc(C(=O)N2CCCC2CCCO)o1. The third-order valence-corrected chi connectivity index (χ3v) is 3.55. The Hall–Kier alpha value is -1.29. The Morgan fingerprint density at radius 1 is 1.56 bits per heavy atom. The molecule has 0 spiro atoms. The number of carbonyl (C=O) groups excluding carboxylic acids is 1. The number of hydrogen-bond donors (Lipinski definition) is 1. The van der Waals surface area contributed by atoms with Crippen molar-refractivity contribution in [3.05, 3.63) is 23.7 Å². The van der Waals surface area contributed by atoms with Gasteiger partial charge in [0.1, 0.15) is 5.76 Å². The van der Waals surface area contributed by atoms with Gasteiger partial charge in [0.05, 0.1) is 0 Å². The maximum Gasteiger partial charge on any atom is 0.289 e. The fraction of sp³-hybridized carbons (Fsp3) is 0.643. The quantitative estimate of drug-likeness (QED) is 0.873. The fourth-order valence-corrected chi connectivity index (χ4v) is 2.55. The van der Waals surface area contributed by atoms with Gasteiger partial charge in [-0.1, -0.05) is 6.92 Å². The molecule has 2 heterocycles. The zero-order valence-electron chi connectivity index (χ0n) is 10.9. The van der Waals surface area contributed by atoms with Gasteiger partial charge in [-0.3, -0.25) is 4.79 Å². The lowest BCUT2D eigenvalue weighted by molar-refractivity contribution is 0.0690. The van der Waals surface area contributed by atoms with Crippen molar-refractivity contribution in [2.45, 2.75) is 45.1 Å². The van der Waals surface area contributed by atoms with E-state index >= 15 is 0 Å². The van der Waals surface area contributed by atoms with Crippen molar-refractivity contribution >= 4 is 5.91 Å². The summed E-state index contributed by atoms with van der Waals surface area (Å²) in [6, 6.07) is 3.90. The number of aliphatic hydroxyl groups excluding tert-OH is 1. The van der Waals surface area contributed by atoms with E-state index in [1.807, 2.05) is 17.9 Å². The van der Waals surface area contributed by atoms with Crippen molar-refractivity contribution < 1.29 is 14.3 Å². The first kappa shape index (κ1) is 13.1. The van der Waals surface area contributed by atoms with E-state index in [1.165, 1.54) is 0 Å². The van der Waals surface area contributed by atoms with Crippen LogP contribution in [0.1, 0.15) is 48.9 Å². The Morgan fingerprint density at radius 3 is 3.06 bits per heavy atom. The highest BCUT2D eigenvalue weighted by Crippen LogP contribution is 2.24.